The Morgan fingerprint density at radius 2 is 1.89 bits per heavy atom. The van der Waals surface area contributed by atoms with Crippen LogP contribution in [0.4, 0.5) is 0 Å². The highest BCUT2D eigenvalue weighted by Crippen LogP contribution is 2.27. The molecule has 0 aliphatic carbocycles. The summed E-state index contributed by atoms with van der Waals surface area (Å²) in [6.45, 7) is 2.06. The number of thiophene rings is 2. The van der Waals surface area contributed by atoms with E-state index in [1.807, 2.05) is 29.0 Å². The fourth-order valence-corrected chi connectivity index (χ4v) is 3.36. The summed E-state index contributed by atoms with van der Waals surface area (Å²) >= 11 is 3.27. The summed E-state index contributed by atoms with van der Waals surface area (Å²) in [4.78, 5) is 13.2. The van der Waals surface area contributed by atoms with E-state index < -0.39 is 5.97 Å². The molecule has 5 heteroatoms. The molecular formula is C13H15NO2S2. The van der Waals surface area contributed by atoms with Gasteiger partial charge in [0, 0.05) is 15.8 Å². The maximum absolute atomic E-state index is 10.9. The van der Waals surface area contributed by atoms with E-state index in [0.717, 1.165) is 4.88 Å². The third-order valence-electron chi connectivity index (χ3n) is 2.69. The molecule has 2 aromatic rings. The van der Waals surface area contributed by atoms with Crippen molar-refractivity contribution in [3.05, 3.63) is 44.8 Å². The van der Waals surface area contributed by atoms with Gasteiger partial charge in [-0.1, -0.05) is 12.1 Å². The molecule has 0 fully saturated rings. The maximum atomic E-state index is 10.9. The molecule has 0 saturated carbocycles. The van der Waals surface area contributed by atoms with Gasteiger partial charge < -0.3 is 10.4 Å². The molecule has 0 bridgehead atoms. The first kappa shape index (κ1) is 13.3. The smallest absolute Gasteiger partial charge is 0.305 e. The van der Waals surface area contributed by atoms with Gasteiger partial charge >= 0.3 is 5.97 Å². The topological polar surface area (TPSA) is 49.3 Å². The fourth-order valence-electron chi connectivity index (χ4n) is 1.83. The first-order chi connectivity index (χ1) is 8.66. The molecule has 2 rings (SSSR count). The van der Waals surface area contributed by atoms with Crippen LogP contribution in [0.15, 0.2) is 35.0 Å². The Labute approximate surface area is 114 Å². The van der Waals surface area contributed by atoms with Gasteiger partial charge in [-0.25, -0.2) is 0 Å². The zero-order valence-electron chi connectivity index (χ0n) is 10.00. The van der Waals surface area contributed by atoms with E-state index in [1.165, 1.54) is 4.88 Å². The normalized spacial score (nSPS) is 14.3. The minimum absolute atomic E-state index is 0.107. The van der Waals surface area contributed by atoms with Gasteiger partial charge in [-0.15, -0.1) is 22.7 Å². The van der Waals surface area contributed by atoms with Gasteiger partial charge in [-0.2, -0.15) is 0 Å². The Morgan fingerprint density at radius 1 is 1.28 bits per heavy atom. The number of hydrogen-bond acceptors (Lipinski definition) is 4. The van der Waals surface area contributed by atoms with Crippen molar-refractivity contribution in [2.24, 2.45) is 0 Å². The predicted molar refractivity (Wildman–Crippen MR) is 75.2 cm³/mol. The van der Waals surface area contributed by atoms with Gasteiger partial charge in [0.2, 0.25) is 0 Å². The molecule has 2 aromatic heterocycles. The molecule has 2 heterocycles. The van der Waals surface area contributed by atoms with E-state index in [9.17, 15) is 4.79 Å². The number of carboxylic acids is 1. The molecule has 3 nitrogen and oxygen atoms in total. The molecule has 0 spiro atoms. The zero-order valence-corrected chi connectivity index (χ0v) is 11.6. The molecule has 2 unspecified atom stereocenters. The Bertz CT molecular complexity index is 479. The lowest BCUT2D eigenvalue weighted by Gasteiger charge is -2.20. The highest BCUT2D eigenvalue weighted by atomic mass is 32.1. The molecule has 2 atom stereocenters. The van der Waals surface area contributed by atoms with Crippen molar-refractivity contribution in [2.45, 2.75) is 25.4 Å². The van der Waals surface area contributed by atoms with Crippen LogP contribution in [-0.2, 0) is 4.79 Å². The monoisotopic (exact) mass is 281 g/mol. The summed E-state index contributed by atoms with van der Waals surface area (Å²) in [5.74, 6) is -0.778. The summed E-state index contributed by atoms with van der Waals surface area (Å²) < 4.78 is 0. The third-order valence-corrected chi connectivity index (χ3v) is 4.73. The summed E-state index contributed by atoms with van der Waals surface area (Å²) in [5.41, 5.74) is 0. The van der Waals surface area contributed by atoms with E-state index in [4.69, 9.17) is 5.11 Å². The lowest BCUT2D eigenvalue weighted by molar-refractivity contribution is -0.137. The number of rotatable bonds is 6. The minimum atomic E-state index is -0.778. The second-order valence-electron chi connectivity index (χ2n) is 4.07. The minimum Gasteiger partial charge on any atom is -0.481 e. The first-order valence-corrected chi connectivity index (χ1v) is 7.47. The maximum Gasteiger partial charge on any atom is 0.305 e. The van der Waals surface area contributed by atoms with Gasteiger partial charge in [0.25, 0.3) is 0 Å². The van der Waals surface area contributed by atoms with Crippen molar-refractivity contribution < 1.29 is 9.90 Å². The Hall–Kier alpha value is -1.17. The Morgan fingerprint density at radius 3 is 2.39 bits per heavy atom. The summed E-state index contributed by atoms with van der Waals surface area (Å²) in [6, 6.07) is 8.04. The van der Waals surface area contributed by atoms with E-state index in [2.05, 4.69) is 18.3 Å². The van der Waals surface area contributed by atoms with Crippen LogP contribution in [0.3, 0.4) is 0 Å². The highest BCUT2D eigenvalue weighted by Gasteiger charge is 2.19. The van der Waals surface area contributed by atoms with Gasteiger partial charge in [0.15, 0.2) is 0 Å². The van der Waals surface area contributed by atoms with E-state index in [-0.39, 0.29) is 18.5 Å². The van der Waals surface area contributed by atoms with Crippen LogP contribution in [-0.4, -0.2) is 11.1 Å². The number of carboxylic acid groups (broad SMARTS) is 1. The molecular weight excluding hydrogens is 266 g/mol. The molecule has 18 heavy (non-hydrogen) atoms. The molecule has 0 amide bonds. The van der Waals surface area contributed by atoms with E-state index in [0.29, 0.717) is 0 Å². The molecule has 0 aliphatic rings. The Balaban J connectivity index is 2.08. The molecule has 0 radical (unpaired) electrons. The largest absolute Gasteiger partial charge is 0.481 e. The standard InChI is InChI=1S/C13H15NO2S2/c1-9(11-4-2-6-17-11)14-10(8-13(15)16)12-5-3-7-18-12/h2-7,9-10,14H,8H2,1H3,(H,15,16). The van der Waals surface area contributed by atoms with Crippen molar-refractivity contribution >= 4 is 28.6 Å². The van der Waals surface area contributed by atoms with Crippen LogP contribution < -0.4 is 5.32 Å². The van der Waals surface area contributed by atoms with Gasteiger partial charge in [0.05, 0.1) is 12.5 Å². The van der Waals surface area contributed by atoms with Gasteiger partial charge in [-0.3, -0.25) is 4.79 Å². The summed E-state index contributed by atoms with van der Waals surface area (Å²) in [7, 11) is 0. The van der Waals surface area contributed by atoms with Crippen molar-refractivity contribution in [3.63, 3.8) is 0 Å². The zero-order chi connectivity index (χ0) is 13.0. The van der Waals surface area contributed by atoms with Crippen LogP contribution in [0.1, 0.15) is 35.2 Å². The highest BCUT2D eigenvalue weighted by molar-refractivity contribution is 7.10. The van der Waals surface area contributed by atoms with E-state index >= 15 is 0 Å². The van der Waals surface area contributed by atoms with Crippen LogP contribution in [0, 0.1) is 0 Å². The molecule has 0 saturated heterocycles. The number of aliphatic carboxylic acids is 1. The molecule has 0 aliphatic heterocycles. The van der Waals surface area contributed by atoms with Crippen molar-refractivity contribution in [1.82, 2.24) is 5.32 Å². The van der Waals surface area contributed by atoms with Crippen LogP contribution >= 0.6 is 22.7 Å². The quantitative estimate of drug-likeness (QED) is 0.849. The molecule has 0 aromatic carbocycles. The van der Waals surface area contributed by atoms with Crippen molar-refractivity contribution in [2.75, 3.05) is 0 Å². The lowest BCUT2D eigenvalue weighted by atomic mass is 10.1. The average Bonchev–Trinajstić information content (AvgIpc) is 3.01. The third kappa shape index (κ3) is 3.41. The van der Waals surface area contributed by atoms with Crippen LogP contribution in [0.5, 0.6) is 0 Å². The van der Waals surface area contributed by atoms with Crippen molar-refractivity contribution in [1.29, 1.82) is 0 Å². The number of nitrogens with one attached hydrogen (secondary N) is 1. The van der Waals surface area contributed by atoms with Crippen molar-refractivity contribution in [3.8, 4) is 0 Å². The number of carbonyl (C=O) groups is 1. The molecule has 96 valence electrons. The second-order valence-corrected chi connectivity index (χ2v) is 6.03. The van der Waals surface area contributed by atoms with Gasteiger partial charge in [-0.05, 0) is 29.8 Å². The van der Waals surface area contributed by atoms with Crippen LogP contribution in [0.25, 0.3) is 0 Å². The SMILES string of the molecule is CC(NC(CC(=O)O)c1cccs1)c1cccs1. The van der Waals surface area contributed by atoms with Gasteiger partial charge in [0.1, 0.15) is 0 Å². The predicted octanol–water partition coefficient (Wildman–Crippen LogP) is 3.68. The molecule has 2 N–H and O–H groups in total. The second kappa shape index (κ2) is 6.13. The Kier molecular flexibility index (Phi) is 4.52. The van der Waals surface area contributed by atoms with E-state index in [1.54, 1.807) is 22.7 Å². The summed E-state index contributed by atoms with van der Waals surface area (Å²) in [5, 5.41) is 16.4. The first-order valence-electron chi connectivity index (χ1n) is 5.71. The number of hydrogen-bond donors (Lipinski definition) is 2. The lowest BCUT2D eigenvalue weighted by Crippen LogP contribution is -2.25. The summed E-state index contributed by atoms with van der Waals surface area (Å²) in [6.07, 6.45) is 0.107. The fraction of sp³-hybridized carbons (Fsp3) is 0.308. The van der Waals surface area contributed by atoms with Crippen LogP contribution in [0.2, 0.25) is 0 Å². The average molecular weight is 281 g/mol.